The van der Waals surface area contributed by atoms with Gasteiger partial charge in [0.15, 0.2) is 0 Å². The number of aromatic hydroxyl groups is 1. The van der Waals surface area contributed by atoms with Gasteiger partial charge in [-0.1, -0.05) is 6.07 Å². The normalized spacial score (nSPS) is 10.2. The summed E-state index contributed by atoms with van der Waals surface area (Å²) in [6, 6.07) is 10.1. The smallest absolute Gasteiger partial charge is 0.339 e. The summed E-state index contributed by atoms with van der Waals surface area (Å²) in [6.07, 6.45) is 4.40. The first-order valence-corrected chi connectivity index (χ1v) is 6.57. The van der Waals surface area contributed by atoms with Crippen molar-refractivity contribution in [3.8, 4) is 28.8 Å². The Morgan fingerprint density at radius 1 is 1.30 bits per heavy atom. The first kappa shape index (κ1) is 14.3. The minimum atomic E-state index is -1.25. The van der Waals surface area contributed by atoms with E-state index in [-0.39, 0.29) is 5.56 Å². The van der Waals surface area contributed by atoms with Gasteiger partial charge in [-0.25, -0.2) is 9.48 Å². The first-order valence-electron chi connectivity index (χ1n) is 6.57. The Hall–Kier alpha value is -3.66. The molecule has 7 nitrogen and oxygen atoms in total. The van der Waals surface area contributed by atoms with Crippen molar-refractivity contribution in [1.82, 2.24) is 14.8 Å². The fraction of sp³-hybridized carbons (Fsp3) is 0. The largest absolute Gasteiger partial charge is 0.505 e. The molecule has 112 valence electrons. The van der Waals surface area contributed by atoms with Crippen molar-refractivity contribution < 1.29 is 15.0 Å². The number of rotatable bonds is 3. The van der Waals surface area contributed by atoms with Crippen LogP contribution in [0.3, 0.4) is 0 Å². The van der Waals surface area contributed by atoms with Crippen LogP contribution in [0.1, 0.15) is 15.9 Å². The van der Waals surface area contributed by atoms with E-state index in [1.54, 1.807) is 41.3 Å². The summed E-state index contributed by atoms with van der Waals surface area (Å²) < 4.78 is 1.56. The highest BCUT2D eigenvalue weighted by Crippen LogP contribution is 2.26. The lowest BCUT2D eigenvalue weighted by Crippen LogP contribution is -2.00. The third-order valence-corrected chi connectivity index (χ3v) is 3.28. The lowest BCUT2D eigenvalue weighted by molar-refractivity contribution is 0.0693. The Balaban J connectivity index is 2.10. The first-order chi connectivity index (χ1) is 11.1. The number of nitrogens with zero attached hydrogens (tertiary/aromatic N) is 4. The van der Waals surface area contributed by atoms with E-state index in [0.29, 0.717) is 22.5 Å². The lowest BCUT2D eigenvalue weighted by atomic mass is 10.0. The number of carboxylic acids is 1. The number of nitriles is 1. The van der Waals surface area contributed by atoms with Crippen molar-refractivity contribution in [3.05, 3.63) is 60.0 Å². The molecule has 0 atom stereocenters. The van der Waals surface area contributed by atoms with Crippen LogP contribution in [0, 0.1) is 11.3 Å². The molecule has 0 radical (unpaired) electrons. The van der Waals surface area contributed by atoms with Gasteiger partial charge in [0, 0.05) is 18.0 Å². The molecule has 0 saturated carbocycles. The van der Waals surface area contributed by atoms with Crippen molar-refractivity contribution in [3.63, 3.8) is 0 Å². The van der Waals surface area contributed by atoms with Crippen molar-refractivity contribution in [2.24, 2.45) is 0 Å². The molecule has 2 heterocycles. The zero-order valence-electron chi connectivity index (χ0n) is 11.7. The van der Waals surface area contributed by atoms with E-state index in [1.165, 1.54) is 6.07 Å². The van der Waals surface area contributed by atoms with Crippen LogP contribution in [0.15, 0.2) is 48.9 Å². The molecular formula is C16H10N4O3. The number of aromatic nitrogens is 3. The molecule has 0 spiro atoms. The second-order valence-corrected chi connectivity index (χ2v) is 4.69. The minimum Gasteiger partial charge on any atom is -0.505 e. The van der Waals surface area contributed by atoms with E-state index in [1.807, 2.05) is 0 Å². The van der Waals surface area contributed by atoms with E-state index in [0.717, 1.165) is 6.20 Å². The van der Waals surface area contributed by atoms with E-state index in [4.69, 9.17) is 5.11 Å². The van der Waals surface area contributed by atoms with Gasteiger partial charge in [0.25, 0.3) is 0 Å². The van der Waals surface area contributed by atoms with Crippen LogP contribution in [-0.2, 0) is 0 Å². The van der Waals surface area contributed by atoms with Gasteiger partial charge in [0.05, 0.1) is 23.1 Å². The van der Waals surface area contributed by atoms with Crippen LogP contribution in [-0.4, -0.2) is 30.9 Å². The van der Waals surface area contributed by atoms with Gasteiger partial charge in [-0.2, -0.15) is 10.4 Å². The van der Waals surface area contributed by atoms with Gasteiger partial charge < -0.3 is 10.2 Å². The maximum Gasteiger partial charge on any atom is 0.339 e. The number of aromatic carboxylic acids is 1. The van der Waals surface area contributed by atoms with Gasteiger partial charge >= 0.3 is 5.97 Å². The van der Waals surface area contributed by atoms with Gasteiger partial charge in [0.1, 0.15) is 17.4 Å². The Labute approximate surface area is 130 Å². The average Bonchev–Trinajstić information content (AvgIpc) is 3.08. The zero-order chi connectivity index (χ0) is 16.4. The van der Waals surface area contributed by atoms with Crippen molar-refractivity contribution in [2.45, 2.75) is 0 Å². The highest BCUT2D eigenvalue weighted by Gasteiger charge is 2.13. The summed E-state index contributed by atoms with van der Waals surface area (Å²) in [6.45, 7) is 0. The van der Waals surface area contributed by atoms with Crippen LogP contribution in [0.4, 0.5) is 0 Å². The number of hydrogen-bond acceptors (Lipinski definition) is 5. The highest BCUT2D eigenvalue weighted by atomic mass is 16.4. The molecule has 1 aromatic carbocycles. The number of hydrogen-bond donors (Lipinski definition) is 2. The molecule has 0 amide bonds. The second-order valence-electron chi connectivity index (χ2n) is 4.69. The van der Waals surface area contributed by atoms with Crippen LogP contribution < -0.4 is 0 Å². The van der Waals surface area contributed by atoms with Gasteiger partial charge in [-0.15, -0.1) is 0 Å². The molecule has 0 aliphatic heterocycles. The Kier molecular flexibility index (Phi) is 3.49. The van der Waals surface area contributed by atoms with Crippen LogP contribution in [0.5, 0.6) is 5.75 Å². The summed E-state index contributed by atoms with van der Waals surface area (Å²) >= 11 is 0. The molecule has 0 bridgehead atoms. The third kappa shape index (κ3) is 2.61. The van der Waals surface area contributed by atoms with Crippen molar-refractivity contribution in [2.75, 3.05) is 0 Å². The molecule has 3 aromatic rings. The predicted octanol–water partition coefficient (Wildman–Crippen LogP) is 2.21. The lowest BCUT2D eigenvalue weighted by Gasteiger charge is -2.08. The summed E-state index contributed by atoms with van der Waals surface area (Å²) in [5, 5.41) is 32.0. The van der Waals surface area contributed by atoms with Crippen molar-refractivity contribution in [1.29, 1.82) is 5.26 Å². The molecule has 2 N–H and O–H groups in total. The van der Waals surface area contributed by atoms with Crippen molar-refractivity contribution >= 4 is 5.97 Å². The maximum atomic E-state index is 11.1. The van der Waals surface area contributed by atoms with Gasteiger partial charge in [-0.3, -0.25) is 4.98 Å². The van der Waals surface area contributed by atoms with Gasteiger partial charge in [-0.05, 0) is 24.3 Å². The standard InChI is InChI=1S/C16H10N4O3/c17-8-11-6-10(2-3-14(11)20-5-1-4-19-20)13-7-12(16(22)23)15(21)9-18-13/h1-7,9,21H,(H,22,23). The molecule has 2 aromatic heterocycles. The van der Waals surface area contributed by atoms with Gasteiger partial charge in [0.2, 0.25) is 0 Å². The molecular weight excluding hydrogens is 296 g/mol. The summed E-state index contributed by atoms with van der Waals surface area (Å²) in [7, 11) is 0. The molecule has 3 rings (SSSR count). The fourth-order valence-electron chi connectivity index (χ4n) is 2.17. The number of carbonyl (C=O) groups is 1. The highest BCUT2D eigenvalue weighted by molar-refractivity contribution is 5.92. The van der Waals surface area contributed by atoms with E-state index >= 15 is 0 Å². The maximum absolute atomic E-state index is 11.1. The minimum absolute atomic E-state index is 0.246. The topological polar surface area (TPSA) is 112 Å². The van der Waals surface area contributed by atoms with E-state index in [2.05, 4.69) is 16.2 Å². The number of benzene rings is 1. The quantitative estimate of drug-likeness (QED) is 0.767. The molecule has 0 unspecified atom stereocenters. The Morgan fingerprint density at radius 3 is 2.78 bits per heavy atom. The Morgan fingerprint density at radius 2 is 2.13 bits per heavy atom. The van der Waals surface area contributed by atoms with Crippen LogP contribution in [0.2, 0.25) is 0 Å². The van der Waals surface area contributed by atoms with Crippen LogP contribution in [0.25, 0.3) is 16.9 Å². The molecule has 23 heavy (non-hydrogen) atoms. The summed E-state index contributed by atoms with van der Waals surface area (Å²) in [4.78, 5) is 15.1. The molecule has 0 aliphatic carbocycles. The Bertz CT molecular complexity index is 927. The zero-order valence-corrected chi connectivity index (χ0v) is 11.7. The van der Waals surface area contributed by atoms with Crippen LogP contribution >= 0.6 is 0 Å². The number of pyridine rings is 1. The fourth-order valence-corrected chi connectivity index (χ4v) is 2.17. The predicted molar refractivity (Wildman–Crippen MR) is 80.1 cm³/mol. The molecule has 0 aliphatic rings. The number of carboxylic acid groups (broad SMARTS) is 1. The van der Waals surface area contributed by atoms with E-state index in [9.17, 15) is 15.2 Å². The third-order valence-electron chi connectivity index (χ3n) is 3.28. The second kappa shape index (κ2) is 5.61. The molecule has 7 heteroatoms. The van der Waals surface area contributed by atoms with E-state index < -0.39 is 11.7 Å². The monoisotopic (exact) mass is 306 g/mol. The summed E-state index contributed by atoms with van der Waals surface area (Å²) in [5.74, 6) is -1.66. The molecule has 0 fully saturated rings. The molecule has 0 saturated heterocycles. The summed E-state index contributed by atoms with van der Waals surface area (Å²) in [5.41, 5.74) is 1.66. The average molecular weight is 306 g/mol. The SMILES string of the molecule is N#Cc1cc(-c2cc(C(=O)O)c(O)cn2)ccc1-n1cccn1.